The Morgan fingerprint density at radius 1 is 1.21 bits per heavy atom. The molecule has 7 heteroatoms. The third-order valence-corrected chi connectivity index (χ3v) is 2.60. The molecule has 1 aromatic rings. The molecule has 1 N–H and O–H groups in total. The Labute approximate surface area is 114 Å². The largest absolute Gasteiger partial charge is 0.495 e. The van der Waals surface area contributed by atoms with Crippen LogP contribution in [0.15, 0.2) is 12.1 Å². The van der Waals surface area contributed by atoms with Gasteiger partial charge in [-0.2, -0.15) is 0 Å². The van der Waals surface area contributed by atoms with E-state index in [1.165, 1.54) is 26.4 Å². The summed E-state index contributed by atoms with van der Waals surface area (Å²) in [4.78, 5) is 22.1. The van der Waals surface area contributed by atoms with Crippen LogP contribution in [0, 0.1) is 0 Å². The van der Waals surface area contributed by atoms with Crippen LogP contribution in [0.5, 0.6) is 11.5 Å². The molecule has 0 aliphatic rings. The van der Waals surface area contributed by atoms with Crippen LogP contribution < -0.4 is 9.47 Å². The second-order valence-electron chi connectivity index (χ2n) is 3.47. The summed E-state index contributed by atoms with van der Waals surface area (Å²) < 4.78 is 14.8. The lowest BCUT2D eigenvalue weighted by Crippen LogP contribution is -2.15. The number of ketones is 1. The van der Waals surface area contributed by atoms with Crippen molar-refractivity contribution in [1.29, 1.82) is 0 Å². The Balaban J connectivity index is 2.90. The Kier molecular flexibility index (Phi) is 5.59. The molecular weight excluding hydrogens is 276 g/mol. The topological polar surface area (TPSA) is 82.1 Å². The zero-order valence-electron chi connectivity index (χ0n) is 10.4. The molecule has 0 bridgehead atoms. The first-order valence-corrected chi connectivity index (χ1v) is 5.62. The minimum absolute atomic E-state index is 0.171. The summed E-state index contributed by atoms with van der Waals surface area (Å²) in [6.45, 7) is -0.913. The van der Waals surface area contributed by atoms with E-state index in [1.807, 2.05) is 0 Å². The van der Waals surface area contributed by atoms with Crippen LogP contribution in [0.3, 0.4) is 0 Å². The molecule has 0 aliphatic carbocycles. The highest BCUT2D eigenvalue weighted by Crippen LogP contribution is 2.36. The molecule has 0 saturated carbocycles. The molecule has 0 fully saturated rings. The lowest BCUT2D eigenvalue weighted by molar-refractivity contribution is -0.141. The number of benzene rings is 1. The van der Waals surface area contributed by atoms with Crippen LogP contribution in [0.4, 0.5) is 0 Å². The zero-order chi connectivity index (χ0) is 14.4. The Bertz CT molecular complexity index is 485. The number of rotatable bonds is 7. The number of hydrogen-bond donors (Lipinski definition) is 1. The maximum absolute atomic E-state index is 11.9. The molecule has 0 radical (unpaired) electrons. The normalized spacial score (nSPS) is 10.1. The van der Waals surface area contributed by atoms with Gasteiger partial charge in [0.1, 0.15) is 24.0 Å². The van der Waals surface area contributed by atoms with Crippen molar-refractivity contribution in [2.75, 3.05) is 27.4 Å². The SMILES string of the molecule is COc1ccc(C(=O)COCC(=O)O)c(OC)c1Cl. The number of hydrogen-bond acceptors (Lipinski definition) is 5. The number of aliphatic carboxylic acids is 1. The van der Waals surface area contributed by atoms with Gasteiger partial charge in [0.05, 0.1) is 19.8 Å². The van der Waals surface area contributed by atoms with Crippen molar-refractivity contribution in [3.63, 3.8) is 0 Å². The maximum atomic E-state index is 11.9. The third kappa shape index (κ3) is 3.84. The highest BCUT2D eigenvalue weighted by Gasteiger charge is 2.18. The molecule has 0 atom stereocenters. The van der Waals surface area contributed by atoms with Crippen LogP contribution in [-0.2, 0) is 9.53 Å². The van der Waals surface area contributed by atoms with Crippen molar-refractivity contribution in [2.24, 2.45) is 0 Å². The van der Waals surface area contributed by atoms with E-state index in [1.54, 1.807) is 0 Å². The van der Waals surface area contributed by atoms with Gasteiger partial charge < -0.3 is 19.3 Å². The highest BCUT2D eigenvalue weighted by atomic mass is 35.5. The number of carbonyl (C=O) groups is 2. The lowest BCUT2D eigenvalue weighted by atomic mass is 10.1. The molecule has 6 nitrogen and oxygen atoms in total. The first-order valence-electron chi connectivity index (χ1n) is 5.24. The Morgan fingerprint density at radius 2 is 1.89 bits per heavy atom. The van der Waals surface area contributed by atoms with Gasteiger partial charge in [-0.25, -0.2) is 4.79 Å². The van der Waals surface area contributed by atoms with Gasteiger partial charge in [0, 0.05) is 0 Å². The van der Waals surface area contributed by atoms with E-state index in [4.69, 9.17) is 30.9 Å². The average molecular weight is 289 g/mol. The van der Waals surface area contributed by atoms with Crippen LogP contribution >= 0.6 is 11.6 Å². The highest BCUT2D eigenvalue weighted by molar-refractivity contribution is 6.34. The molecule has 0 unspecified atom stereocenters. The number of Topliss-reactive ketones (excluding diaryl/α,β-unsaturated/α-hetero) is 1. The van der Waals surface area contributed by atoms with E-state index < -0.39 is 18.4 Å². The molecule has 0 aromatic heterocycles. The van der Waals surface area contributed by atoms with Crippen molar-refractivity contribution in [3.05, 3.63) is 22.7 Å². The molecular formula is C12H13ClO6. The summed E-state index contributed by atoms with van der Waals surface area (Å²) in [6, 6.07) is 3.01. The van der Waals surface area contributed by atoms with Gasteiger partial charge in [0.25, 0.3) is 0 Å². The minimum Gasteiger partial charge on any atom is -0.495 e. The smallest absolute Gasteiger partial charge is 0.329 e. The summed E-state index contributed by atoms with van der Waals surface area (Å²) in [6.07, 6.45) is 0. The number of carboxylic acid groups (broad SMARTS) is 1. The van der Waals surface area contributed by atoms with Crippen molar-refractivity contribution >= 4 is 23.4 Å². The number of carbonyl (C=O) groups excluding carboxylic acids is 1. The van der Waals surface area contributed by atoms with Gasteiger partial charge in [-0.15, -0.1) is 0 Å². The van der Waals surface area contributed by atoms with Gasteiger partial charge >= 0.3 is 5.97 Å². The van der Waals surface area contributed by atoms with Crippen LogP contribution in [0.2, 0.25) is 5.02 Å². The molecule has 1 rings (SSSR count). The van der Waals surface area contributed by atoms with E-state index in [2.05, 4.69) is 0 Å². The molecule has 0 spiro atoms. The monoisotopic (exact) mass is 288 g/mol. The van der Waals surface area contributed by atoms with Crippen molar-refractivity contribution < 1.29 is 28.9 Å². The van der Waals surface area contributed by atoms with E-state index in [-0.39, 0.29) is 22.9 Å². The second-order valence-corrected chi connectivity index (χ2v) is 3.85. The fraction of sp³-hybridized carbons (Fsp3) is 0.333. The molecule has 104 valence electrons. The van der Waals surface area contributed by atoms with Crippen molar-refractivity contribution in [2.45, 2.75) is 0 Å². The van der Waals surface area contributed by atoms with Crippen LogP contribution in [0.1, 0.15) is 10.4 Å². The first kappa shape index (κ1) is 15.3. The van der Waals surface area contributed by atoms with Crippen molar-refractivity contribution in [3.8, 4) is 11.5 Å². The molecule has 0 saturated heterocycles. The molecule has 1 aromatic carbocycles. The molecule has 0 aliphatic heterocycles. The number of halogens is 1. The Morgan fingerprint density at radius 3 is 2.42 bits per heavy atom. The van der Waals surface area contributed by atoms with Crippen LogP contribution in [-0.4, -0.2) is 44.3 Å². The lowest BCUT2D eigenvalue weighted by Gasteiger charge is -2.12. The van der Waals surface area contributed by atoms with Gasteiger partial charge in [0.15, 0.2) is 11.5 Å². The minimum atomic E-state index is -1.15. The van der Waals surface area contributed by atoms with Gasteiger partial charge in [0.2, 0.25) is 0 Å². The zero-order valence-corrected chi connectivity index (χ0v) is 11.2. The molecule has 0 amide bonds. The predicted molar refractivity (Wildman–Crippen MR) is 67.3 cm³/mol. The second kappa shape index (κ2) is 6.96. The van der Waals surface area contributed by atoms with Gasteiger partial charge in [-0.3, -0.25) is 4.79 Å². The Hall–Kier alpha value is -1.79. The van der Waals surface area contributed by atoms with E-state index in [9.17, 15) is 9.59 Å². The average Bonchev–Trinajstić information content (AvgIpc) is 2.37. The quantitative estimate of drug-likeness (QED) is 0.768. The van der Waals surface area contributed by atoms with Crippen molar-refractivity contribution in [1.82, 2.24) is 0 Å². The predicted octanol–water partition coefficient (Wildman–Crippen LogP) is 1.64. The number of methoxy groups -OCH3 is 2. The molecule has 19 heavy (non-hydrogen) atoms. The summed E-state index contributed by atoms with van der Waals surface area (Å²) in [5.41, 5.74) is 0.207. The maximum Gasteiger partial charge on any atom is 0.329 e. The van der Waals surface area contributed by atoms with Crippen LogP contribution in [0.25, 0.3) is 0 Å². The van der Waals surface area contributed by atoms with E-state index >= 15 is 0 Å². The molecule has 0 heterocycles. The summed E-state index contributed by atoms with van der Waals surface area (Å²) in [5.74, 6) is -1.03. The fourth-order valence-electron chi connectivity index (χ4n) is 1.42. The van der Waals surface area contributed by atoms with Gasteiger partial charge in [-0.1, -0.05) is 11.6 Å². The first-order chi connectivity index (χ1) is 9.01. The number of ether oxygens (including phenoxy) is 3. The summed E-state index contributed by atoms with van der Waals surface area (Å²) >= 11 is 6.01. The third-order valence-electron chi connectivity index (χ3n) is 2.24. The van der Waals surface area contributed by atoms with E-state index in [0.717, 1.165) is 0 Å². The standard InChI is InChI=1S/C12H13ClO6/c1-17-9-4-3-7(12(18-2)11(9)13)8(14)5-19-6-10(15)16/h3-4H,5-6H2,1-2H3,(H,15,16). The summed E-state index contributed by atoms with van der Waals surface area (Å²) in [5, 5.41) is 8.59. The van der Waals surface area contributed by atoms with Gasteiger partial charge in [-0.05, 0) is 12.1 Å². The summed E-state index contributed by atoms with van der Waals surface area (Å²) in [7, 11) is 2.81. The van der Waals surface area contributed by atoms with E-state index in [0.29, 0.717) is 5.75 Å². The number of carboxylic acids is 1. The fourth-order valence-corrected chi connectivity index (χ4v) is 1.74.